The minimum Gasteiger partial charge on any atom is -0.280 e. The SMILES string of the molecule is CC(=O)NS(=O)(=O)c1ccc(NS(=O)(=O)c2cccc(C(F)(F)F)c2)cc1. The second-order valence-electron chi connectivity index (χ2n) is 5.32. The van der Waals surface area contributed by atoms with E-state index in [1.54, 1.807) is 4.72 Å². The Labute approximate surface area is 153 Å². The number of alkyl halides is 3. The summed E-state index contributed by atoms with van der Waals surface area (Å²) in [5.74, 6) is -0.802. The molecule has 0 saturated carbocycles. The van der Waals surface area contributed by atoms with Crippen LogP contribution >= 0.6 is 0 Å². The number of halogens is 3. The molecule has 0 fully saturated rings. The Kier molecular flexibility index (Phi) is 5.52. The number of sulfonamides is 2. The Balaban J connectivity index is 2.28. The zero-order valence-electron chi connectivity index (χ0n) is 13.6. The van der Waals surface area contributed by atoms with Crippen molar-refractivity contribution in [1.82, 2.24) is 4.72 Å². The van der Waals surface area contributed by atoms with E-state index in [0.717, 1.165) is 49.4 Å². The number of rotatable bonds is 5. The molecule has 0 unspecified atom stereocenters. The molecule has 0 aliphatic heterocycles. The van der Waals surface area contributed by atoms with Crippen molar-refractivity contribution in [1.29, 1.82) is 0 Å². The number of nitrogens with one attached hydrogen (secondary N) is 2. The van der Waals surface area contributed by atoms with E-state index >= 15 is 0 Å². The Morgan fingerprint density at radius 1 is 0.889 bits per heavy atom. The van der Waals surface area contributed by atoms with Gasteiger partial charge >= 0.3 is 6.18 Å². The van der Waals surface area contributed by atoms with Crippen LogP contribution in [0.5, 0.6) is 0 Å². The maximum atomic E-state index is 12.7. The van der Waals surface area contributed by atoms with Gasteiger partial charge in [0.25, 0.3) is 20.0 Å². The summed E-state index contributed by atoms with van der Waals surface area (Å²) < 4.78 is 90.1. The van der Waals surface area contributed by atoms with Crippen LogP contribution in [0.4, 0.5) is 18.9 Å². The fourth-order valence-corrected chi connectivity index (χ4v) is 4.10. The molecule has 0 bridgehead atoms. The first-order valence-corrected chi connectivity index (χ1v) is 10.1. The lowest BCUT2D eigenvalue weighted by molar-refractivity contribution is -0.137. The van der Waals surface area contributed by atoms with Crippen molar-refractivity contribution in [2.45, 2.75) is 22.9 Å². The first-order chi connectivity index (χ1) is 12.3. The Hall–Kier alpha value is -2.60. The highest BCUT2D eigenvalue weighted by Gasteiger charge is 2.31. The van der Waals surface area contributed by atoms with Crippen molar-refractivity contribution in [2.24, 2.45) is 0 Å². The third-order valence-electron chi connectivity index (χ3n) is 3.17. The van der Waals surface area contributed by atoms with Crippen LogP contribution < -0.4 is 9.44 Å². The Morgan fingerprint density at radius 3 is 2.00 bits per heavy atom. The summed E-state index contributed by atoms with van der Waals surface area (Å²) in [5, 5.41) is 0. The van der Waals surface area contributed by atoms with E-state index < -0.39 is 42.6 Å². The molecule has 0 aromatic heterocycles. The standard InChI is InChI=1S/C15H13F3N2O5S2/c1-10(21)19-26(22,23)13-7-5-12(6-8-13)20-27(24,25)14-4-2-3-11(9-14)15(16,17)18/h2-9,20H,1H3,(H,19,21). The van der Waals surface area contributed by atoms with Gasteiger partial charge in [0, 0.05) is 12.6 Å². The molecule has 12 heteroatoms. The summed E-state index contributed by atoms with van der Waals surface area (Å²) in [5.41, 5.74) is -1.20. The van der Waals surface area contributed by atoms with Crippen LogP contribution in [0.15, 0.2) is 58.3 Å². The second-order valence-corrected chi connectivity index (χ2v) is 8.68. The van der Waals surface area contributed by atoms with Crippen molar-refractivity contribution < 1.29 is 34.8 Å². The average Bonchev–Trinajstić information content (AvgIpc) is 2.53. The summed E-state index contributed by atoms with van der Waals surface area (Å²) in [4.78, 5) is 9.98. The van der Waals surface area contributed by atoms with Crippen LogP contribution in [0.1, 0.15) is 12.5 Å². The molecule has 1 amide bonds. The lowest BCUT2D eigenvalue weighted by Gasteiger charge is -2.11. The maximum Gasteiger partial charge on any atom is 0.416 e. The molecular weight excluding hydrogens is 409 g/mol. The van der Waals surface area contributed by atoms with Gasteiger partial charge in [-0.25, -0.2) is 21.6 Å². The highest BCUT2D eigenvalue weighted by molar-refractivity contribution is 7.92. The van der Waals surface area contributed by atoms with Gasteiger partial charge in [-0.15, -0.1) is 0 Å². The fourth-order valence-electron chi connectivity index (χ4n) is 2.00. The number of hydrogen-bond acceptors (Lipinski definition) is 5. The Bertz CT molecular complexity index is 1060. The predicted octanol–water partition coefficient (Wildman–Crippen LogP) is 2.33. The lowest BCUT2D eigenvalue weighted by atomic mass is 10.2. The van der Waals surface area contributed by atoms with Gasteiger partial charge in [0.2, 0.25) is 5.91 Å². The normalized spacial score (nSPS) is 12.4. The van der Waals surface area contributed by atoms with Gasteiger partial charge < -0.3 is 0 Å². The minimum absolute atomic E-state index is 0.0748. The van der Waals surface area contributed by atoms with E-state index in [-0.39, 0.29) is 10.6 Å². The Morgan fingerprint density at radius 2 is 1.48 bits per heavy atom. The van der Waals surface area contributed by atoms with Crippen molar-refractivity contribution in [3.63, 3.8) is 0 Å². The highest BCUT2D eigenvalue weighted by Crippen LogP contribution is 2.30. The molecule has 2 rings (SSSR count). The molecule has 0 saturated heterocycles. The van der Waals surface area contributed by atoms with E-state index in [4.69, 9.17) is 0 Å². The van der Waals surface area contributed by atoms with Gasteiger partial charge in [0.15, 0.2) is 0 Å². The van der Waals surface area contributed by atoms with Gasteiger partial charge in [0.05, 0.1) is 15.4 Å². The molecule has 7 nitrogen and oxygen atoms in total. The van der Waals surface area contributed by atoms with Gasteiger partial charge in [-0.3, -0.25) is 9.52 Å². The summed E-state index contributed by atoms with van der Waals surface area (Å²) >= 11 is 0. The van der Waals surface area contributed by atoms with E-state index in [1.165, 1.54) is 0 Å². The maximum absolute atomic E-state index is 12.7. The van der Waals surface area contributed by atoms with E-state index in [2.05, 4.69) is 4.72 Å². The number of carbonyl (C=O) groups excluding carboxylic acids is 1. The van der Waals surface area contributed by atoms with Gasteiger partial charge in [-0.1, -0.05) is 6.07 Å². The largest absolute Gasteiger partial charge is 0.416 e. The number of carbonyl (C=O) groups is 1. The smallest absolute Gasteiger partial charge is 0.280 e. The predicted molar refractivity (Wildman–Crippen MR) is 89.7 cm³/mol. The lowest BCUT2D eigenvalue weighted by Crippen LogP contribution is -2.28. The summed E-state index contributed by atoms with van der Waals surface area (Å²) in [6.07, 6.45) is -4.70. The van der Waals surface area contributed by atoms with Crippen LogP contribution in [0.25, 0.3) is 0 Å². The molecule has 0 spiro atoms. The van der Waals surface area contributed by atoms with Crippen molar-refractivity contribution in [3.8, 4) is 0 Å². The molecule has 0 heterocycles. The minimum atomic E-state index is -4.70. The number of amides is 1. The van der Waals surface area contributed by atoms with Crippen molar-refractivity contribution in [2.75, 3.05) is 4.72 Å². The van der Waals surface area contributed by atoms with Gasteiger partial charge in [0.1, 0.15) is 0 Å². The van der Waals surface area contributed by atoms with E-state index in [9.17, 15) is 34.8 Å². The first-order valence-electron chi connectivity index (χ1n) is 7.15. The zero-order valence-corrected chi connectivity index (χ0v) is 15.2. The number of anilines is 1. The van der Waals surface area contributed by atoms with E-state index in [0.29, 0.717) is 6.07 Å². The fraction of sp³-hybridized carbons (Fsp3) is 0.133. The van der Waals surface area contributed by atoms with Crippen LogP contribution in [-0.2, 0) is 31.0 Å². The molecule has 146 valence electrons. The van der Waals surface area contributed by atoms with Crippen LogP contribution in [0.3, 0.4) is 0 Å². The van der Waals surface area contributed by atoms with Crippen molar-refractivity contribution in [3.05, 3.63) is 54.1 Å². The molecule has 0 aliphatic rings. The number of benzene rings is 2. The third kappa shape index (κ3) is 5.20. The molecule has 0 atom stereocenters. The van der Waals surface area contributed by atoms with Crippen LogP contribution in [0.2, 0.25) is 0 Å². The number of hydrogen-bond donors (Lipinski definition) is 2. The summed E-state index contributed by atoms with van der Waals surface area (Å²) in [7, 11) is -8.43. The van der Waals surface area contributed by atoms with E-state index in [1.807, 2.05) is 0 Å². The zero-order chi connectivity index (χ0) is 20.5. The third-order valence-corrected chi connectivity index (χ3v) is 5.99. The molecule has 2 N–H and O–H groups in total. The second kappa shape index (κ2) is 7.19. The monoisotopic (exact) mass is 422 g/mol. The molecule has 2 aromatic rings. The summed E-state index contributed by atoms with van der Waals surface area (Å²) in [6, 6.07) is 7.44. The highest BCUT2D eigenvalue weighted by atomic mass is 32.2. The van der Waals surface area contributed by atoms with Crippen LogP contribution in [0, 0.1) is 0 Å². The quantitative estimate of drug-likeness (QED) is 0.769. The topological polar surface area (TPSA) is 109 Å². The van der Waals surface area contributed by atoms with Crippen molar-refractivity contribution >= 4 is 31.6 Å². The van der Waals surface area contributed by atoms with Crippen LogP contribution in [-0.4, -0.2) is 22.7 Å². The molecule has 2 aromatic carbocycles. The summed E-state index contributed by atoms with van der Waals surface area (Å²) in [6.45, 7) is 1.01. The van der Waals surface area contributed by atoms with Gasteiger partial charge in [-0.2, -0.15) is 13.2 Å². The first kappa shape index (κ1) is 20.7. The molecule has 0 aliphatic carbocycles. The molecular formula is C15H13F3N2O5S2. The average molecular weight is 422 g/mol. The van der Waals surface area contributed by atoms with Gasteiger partial charge in [-0.05, 0) is 42.5 Å². The molecule has 27 heavy (non-hydrogen) atoms. The molecule has 0 radical (unpaired) electrons.